The fourth-order valence-electron chi connectivity index (χ4n) is 1.04. The number of aromatic nitrogens is 1. The molecule has 0 aromatic carbocycles. The Bertz CT molecular complexity index is 411. The first-order chi connectivity index (χ1) is 6.86. The van der Waals surface area contributed by atoms with E-state index in [1.165, 1.54) is 11.3 Å². The van der Waals surface area contributed by atoms with E-state index in [1.807, 2.05) is 11.4 Å². The van der Waals surface area contributed by atoms with Gasteiger partial charge in [-0.2, -0.15) is 0 Å². The molecule has 0 atom stereocenters. The predicted octanol–water partition coefficient (Wildman–Crippen LogP) is 2.40. The number of thiophene rings is 1. The monoisotopic (exact) mass is 204 g/mol. The van der Waals surface area contributed by atoms with Crippen LogP contribution >= 0.6 is 11.3 Å². The smallest absolute Gasteiger partial charge is 0.265 e. The second-order valence-electron chi connectivity index (χ2n) is 2.67. The highest BCUT2D eigenvalue weighted by Gasteiger charge is 2.05. The second-order valence-corrected chi connectivity index (χ2v) is 3.62. The highest BCUT2D eigenvalue weighted by molar-refractivity contribution is 7.12. The number of amides is 1. The van der Waals surface area contributed by atoms with Crippen LogP contribution in [0.3, 0.4) is 0 Å². The van der Waals surface area contributed by atoms with Crippen LogP contribution in [0, 0.1) is 0 Å². The van der Waals surface area contributed by atoms with Crippen molar-refractivity contribution in [2.24, 2.45) is 0 Å². The fraction of sp³-hybridized carbons (Fsp3) is 0. The van der Waals surface area contributed by atoms with E-state index in [4.69, 9.17) is 0 Å². The van der Waals surface area contributed by atoms with Crippen LogP contribution in [-0.2, 0) is 0 Å². The quantitative estimate of drug-likeness (QED) is 0.816. The maximum Gasteiger partial charge on any atom is 0.265 e. The van der Waals surface area contributed by atoms with E-state index >= 15 is 0 Å². The number of carbonyl (C=O) groups excluding carboxylic acids is 1. The zero-order chi connectivity index (χ0) is 9.80. The summed E-state index contributed by atoms with van der Waals surface area (Å²) in [4.78, 5) is 16.1. The lowest BCUT2D eigenvalue weighted by molar-refractivity contribution is 0.103. The van der Waals surface area contributed by atoms with Crippen molar-refractivity contribution in [2.45, 2.75) is 0 Å². The molecule has 0 spiro atoms. The number of carbonyl (C=O) groups is 1. The number of hydrogen-bond donors (Lipinski definition) is 1. The summed E-state index contributed by atoms with van der Waals surface area (Å²) in [5, 5.41) is 4.65. The first-order valence-electron chi connectivity index (χ1n) is 4.11. The minimum absolute atomic E-state index is 0.0776. The maximum atomic E-state index is 11.6. The molecule has 0 aliphatic rings. The molecule has 2 aromatic heterocycles. The maximum absolute atomic E-state index is 11.6. The van der Waals surface area contributed by atoms with Gasteiger partial charge in [0.25, 0.3) is 5.91 Å². The van der Waals surface area contributed by atoms with Crippen LogP contribution in [0.4, 0.5) is 5.69 Å². The van der Waals surface area contributed by atoms with Gasteiger partial charge in [0, 0.05) is 18.1 Å². The number of anilines is 1. The Morgan fingerprint density at radius 2 is 2.07 bits per heavy atom. The van der Waals surface area contributed by atoms with Gasteiger partial charge in [0.05, 0.1) is 4.88 Å². The molecule has 2 aromatic rings. The molecule has 0 aliphatic carbocycles. The summed E-state index contributed by atoms with van der Waals surface area (Å²) in [7, 11) is 0. The Kier molecular flexibility index (Phi) is 2.55. The van der Waals surface area contributed by atoms with Crippen molar-refractivity contribution in [3.8, 4) is 0 Å². The van der Waals surface area contributed by atoms with Crippen LogP contribution in [0.15, 0.2) is 42.0 Å². The first kappa shape index (κ1) is 8.90. The summed E-state index contributed by atoms with van der Waals surface area (Å²) >= 11 is 1.42. The molecule has 4 heteroatoms. The largest absolute Gasteiger partial charge is 0.321 e. The van der Waals surface area contributed by atoms with Crippen molar-refractivity contribution in [2.75, 3.05) is 5.32 Å². The standard InChI is InChI=1S/C10H8N2OS/c13-10(9-2-1-7-14-9)12-8-3-5-11-6-4-8/h1-7H,(H,11,12,13). The molecule has 14 heavy (non-hydrogen) atoms. The van der Waals surface area contributed by atoms with Crippen molar-refractivity contribution >= 4 is 22.9 Å². The predicted molar refractivity (Wildman–Crippen MR) is 56.5 cm³/mol. The molecule has 0 saturated carbocycles. The van der Waals surface area contributed by atoms with Gasteiger partial charge < -0.3 is 5.32 Å². The summed E-state index contributed by atoms with van der Waals surface area (Å²) in [6.45, 7) is 0. The average molecular weight is 204 g/mol. The number of nitrogens with one attached hydrogen (secondary N) is 1. The molecule has 3 nitrogen and oxygen atoms in total. The van der Waals surface area contributed by atoms with Crippen LogP contribution in [0.5, 0.6) is 0 Å². The fourth-order valence-corrected chi connectivity index (χ4v) is 1.65. The van der Waals surface area contributed by atoms with Crippen molar-refractivity contribution in [1.82, 2.24) is 4.98 Å². The topological polar surface area (TPSA) is 42.0 Å². The van der Waals surface area contributed by atoms with Gasteiger partial charge in [0.1, 0.15) is 0 Å². The second kappa shape index (κ2) is 4.02. The highest BCUT2D eigenvalue weighted by Crippen LogP contribution is 2.11. The zero-order valence-electron chi connectivity index (χ0n) is 7.31. The Hall–Kier alpha value is -1.68. The number of hydrogen-bond acceptors (Lipinski definition) is 3. The Balaban J connectivity index is 2.10. The van der Waals surface area contributed by atoms with Crippen LogP contribution < -0.4 is 5.32 Å². The van der Waals surface area contributed by atoms with Gasteiger partial charge in [-0.25, -0.2) is 0 Å². The van der Waals surface area contributed by atoms with Crippen molar-refractivity contribution < 1.29 is 4.79 Å². The van der Waals surface area contributed by atoms with Crippen molar-refractivity contribution in [1.29, 1.82) is 0 Å². The summed E-state index contributed by atoms with van der Waals surface area (Å²) in [5.41, 5.74) is 0.762. The molecule has 0 fully saturated rings. The van der Waals surface area contributed by atoms with Crippen LogP contribution in [-0.4, -0.2) is 10.9 Å². The normalized spacial score (nSPS) is 9.71. The van der Waals surface area contributed by atoms with E-state index in [-0.39, 0.29) is 5.91 Å². The van der Waals surface area contributed by atoms with Crippen LogP contribution in [0.1, 0.15) is 9.67 Å². The van der Waals surface area contributed by atoms with E-state index in [0.29, 0.717) is 4.88 Å². The molecular formula is C10H8N2OS. The lowest BCUT2D eigenvalue weighted by atomic mass is 10.4. The van der Waals surface area contributed by atoms with E-state index in [1.54, 1.807) is 30.6 Å². The Labute approximate surface area is 85.4 Å². The highest BCUT2D eigenvalue weighted by atomic mass is 32.1. The van der Waals surface area contributed by atoms with E-state index in [0.717, 1.165) is 5.69 Å². The Morgan fingerprint density at radius 1 is 1.29 bits per heavy atom. The van der Waals surface area contributed by atoms with Gasteiger partial charge in [-0.15, -0.1) is 11.3 Å². The average Bonchev–Trinajstić information content (AvgIpc) is 2.72. The third-order valence-electron chi connectivity index (χ3n) is 1.68. The molecule has 0 radical (unpaired) electrons. The van der Waals surface area contributed by atoms with Gasteiger partial charge >= 0.3 is 0 Å². The summed E-state index contributed by atoms with van der Waals surface area (Å²) in [6, 6.07) is 7.16. The summed E-state index contributed by atoms with van der Waals surface area (Å²) in [6.07, 6.45) is 3.29. The minimum atomic E-state index is -0.0776. The third kappa shape index (κ3) is 1.97. The first-order valence-corrected chi connectivity index (χ1v) is 4.99. The zero-order valence-corrected chi connectivity index (χ0v) is 8.12. The number of pyridine rings is 1. The van der Waals surface area contributed by atoms with Gasteiger partial charge in [-0.3, -0.25) is 9.78 Å². The Morgan fingerprint density at radius 3 is 2.71 bits per heavy atom. The van der Waals surface area contributed by atoms with E-state index in [9.17, 15) is 4.79 Å². The molecule has 1 amide bonds. The SMILES string of the molecule is O=C(Nc1ccncc1)c1cccs1. The lowest BCUT2D eigenvalue weighted by Crippen LogP contribution is -2.09. The van der Waals surface area contributed by atoms with Crippen molar-refractivity contribution in [3.63, 3.8) is 0 Å². The third-order valence-corrected chi connectivity index (χ3v) is 2.55. The van der Waals surface area contributed by atoms with Gasteiger partial charge in [0.2, 0.25) is 0 Å². The molecule has 0 bridgehead atoms. The lowest BCUT2D eigenvalue weighted by Gasteiger charge is -2.01. The molecule has 0 saturated heterocycles. The molecular weight excluding hydrogens is 196 g/mol. The summed E-state index contributed by atoms with van der Waals surface area (Å²) in [5.74, 6) is -0.0776. The van der Waals surface area contributed by atoms with E-state index in [2.05, 4.69) is 10.3 Å². The molecule has 70 valence electrons. The van der Waals surface area contributed by atoms with Gasteiger partial charge in [-0.1, -0.05) is 6.07 Å². The van der Waals surface area contributed by atoms with Crippen LogP contribution in [0.2, 0.25) is 0 Å². The van der Waals surface area contributed by atoms with Gasteiger partial charge in [0.15, 0.2) is 0 Å². The van der Waals surface area contributed by atoms with Crippen LogP contribution in [0.25, 0.3) is 0 Å². The summed E-state index contributed by atoms with van der Waals surface area (Å²) < 4.78 is 0. The molecule has 0 aliphatic heterocycles. The molecule has 2 rings (SSSR count). The number of rotatable bonds is 2. The molecule has 0 unspecified atom stereocenters. The van der Waals surface area contributed by atoms with Gasteiger partial charge in [-0.05, 0) is 23.6 Å². The molecule has 1 N–H and O–H groups in total. The van der Waals surface area contributed by atoms with E-state index < -0.39 is 0 Å². The number of nitrogens with zero attached hydrogens (tertiary/aromatic N) is 1. The molecule has 2 heterocycles. The van der Waals surface area contributed by atoms with Crippen molar-refractivity contribution in [3.05, 3.63) is 46.9 Å². The minimum Gasteiger partial charge on any atom is -0.321 e.